The zero-order chi connectivity index (χ0) is 14.7. The highest BCUT2D eigenvalue weighted by Gasteiger charge is 2.32. The van der Waals surface area contributed by atoms with Gasteiger partial charge in [-0.05, 0) is 19.3 Å². The van der Waals surface area contributed by atoms with E-state index in [9.17, 15) is 14.4 Å². The van der Waals surface area contributed by atoms with Crippen LogP contribution in [0.3, 0.4) is 0 Å². The van der Waals surface area contributed by atoms with Crippen molar-refractivity contribution in [3.05, 3.63) is 28.2 Å². The molecule has 1 amide bonds. The number of amides is 1. The molecule has 1 aliphatic rings. The molecule has 0 saturated heterocycles. The molecule has 2 N–H and O–H groups in total. The van der Waals surface area contributed by atoms with Crippen molar-refractivity contribution < 1.29 is 19.4 Å². The fourth-order valence-electron chi connectivity index (χ4n) is 2.15. The van der Waals surface area contributed by atoms with Crippen molar-refractivity contribution in [2.45, 2.75) is 25.3 Å². The first-order valence-corrected chi connectivity index (χ1v) is 6.32. The van der Waals surface area contributed by atoms with Crippen LogP contribution >= 0.6 is 0 Å². The number of hydrogen-bond donors (Lipinski definition) is 2. The molecule has 7 nitrogen and oxygen atoms in total. The zero-order valence-electron chi connectivity index (χ0n) is 11.1. The number of methoxy groups -OCH3 is 1. The Kier molecular flexibility index (Phi) is 4.07. The molecule has 0 atom stereocenters. The number of carbonyl (C=O) groups excluding carboxylic acids is 1. The van der Waals surface area contributed by atoms with Crippen molar-refractivity contribution in [2.24, 2.45) is 0 Å². The molecule has 0 unspecified atom stereocenters. The fraction of sp³-hybridized carbons (Fsp3) is 0.462. The van der Waals surface area contributed by atoms with Crippen LogP contribution in [0.1, 0.15) is 29.6 Å². The lowest BCUT2D eigenvalue weighted by Crippen LogP contribution is -2.47. The van der Waals surface area contributed by atoms with Gasteiger partial charge in [0.25, 0.3) is 11.5 Å². The summed E-state index contributed by atoms with van der Waals surface area (Å²) in [7, 11) is 1.36. The first-order valence-electron chi connectivity index (χ1n) is 6.32. The van der Waals surface area contributed by atoms with E-state index in [0.29, 0.717) is 0 Å². The Labute approximate surface area is 115 Å². The van der Waals surface area contributed by atoms with Crippen molar-refractivity contribution in [3.8, 4) is 5.75 Å². The number of rotatable bonds is 5. The fourth-order valence-corrected chi connectivity index (χ4v) is 2.15. The highest BCUT2D eigenvalue weighted by Crippen LogP contribution is 2.27. The zero-order valence-corrected chi connectivity index (χ0v) is 11.1. The molecule has 108 valence electrons. The third-order valence-electron chi connectivity index (χ3n) is 3.42. The summed E-state index contributed by atoms with van der Waals surface area (Å²) in [5.74, 6) is -1.35. The molecule has 0 aliphatic heterocycles. The van der Waals surface area contributed by atoms with Crippen LogP contribution in [0.15, 0.2) is 17.1 Å². The van der Waals surface area contributed by atoms with Crippen LogP contribution in [-0.2, 0) is 4.79 Å². The maximum atomic E-state index is 12.5. The van der Waals surface area contributed by atoms with Gasteiger partial charge in [0, 0.05) is 18.3 Å². The molecule has 0 bridgehead atoms. The average molecular weight is 280 g/mol. The van der Waals surface area contributed by atoms with Crippen molar-refractivity contribution in [1.29, 1.82) is 0 Å². The minimum Gasteiger partial charge on any atom is -0.496 e. The Bertz CT molecular complexity index is 576. The molecule has 1 fully saturated rings. The number of carboxylic acid groups (broad SMARTS) is 1. The van der Waals surface area contributed by atoms with Crippen LogP contribution in [0.2, 0.25) is 0 Å². The molecule has 1 heterocycles. The molecule has 1 saturated carbocycles. The number of aliphatic carboxylic acids is 1. The molecule has 2 rings (SSSR count). The van der Waals surface area contributed by atoms with E-state index in [1.165, 1.54) is 24.3 Å². The van der Waals surface area contributed by atoms with Gasteiger partial charge in [0.05, 0.1) is 12.7 Å². The first-order chi connectivity index (χ1) is 9.52. The first kappa shape index (κ1) is 14.1. The number of pyridine rings is 1. The van der Waals surface area contributed by atoms with Gasteiger partial charge in [-0.25, -0.2) is 0 Å². The molecule has 0 radical (unpaired) electrons. The second-order valence-electron chi connectivity index (χ2n) is 4.69. The summed E-state index contributed by atoms with van der Waals surface area (Å²) in [6.45, 7) is -0.355. The van der Waals surface area contributed by atoms with Crippen molar-refractivity contribution in [2.75, 3.05) is 13.7 Å². The van der Waals surface area contributed by atoms with Crippen LogP contribution in [-0.4, -0.2) is 46.6 Å². The number of ether oxygens (including phenoxy) is 1. The number of hydrogen-bond acceptors (Lipinski definition) is 4. The van der Waals surface area contributed by atoms with Crippen LogP contribution < -0.4 is 10.3 Å². The summed E-state index contributed by atoms with van der Waals surface area (Å²) < 4.78 is 5.02. The van der Waals surface area contributed by atoms with Crippen LogP contribution in [0, 0.1) is 0 Å². The Morgan fingerprint density at radius 1 is 1.50 bits per heavy atom. The lowest BCUT2D eigenvalue weighted by molar-refractivity contribution is -0.138. The summed E-state index contributed by atoms with van der Waals surface area (Å²) >= 11 is 0. The summed E-state index contributed by atoms with van der Waals surface area (Å²) in [5, 5.41) is 8.94. The second kappa shape index (κ2) is 5.77. The van der Waals surface area contributed by atoms with Gasteiger partial charge in [0.1, 0.15) is 12.3 Å². The quantitative estimate of drug-likeness (QED) is 0.816. The normalized spacial score (nSPS) is 14.4. The van der Waals surface area contributed by atoms with Crippen LogP contribution in [0.25, 0.3) is 0 Å². The summed E-state index contributed by atoms with van der Waals surface area (Å²) in [5.41, 5.74) is -0.216. The van der Waals surface area contributed by atoms with E-state index in [-0.39, 0.29) is 29.5 Å². The van der Waals surface area contributed by atoms with Gasteiger partial charge < -0.3 is 19.7 Å². The van der Waals surface area contributed by atoms with Gasteiger partial charge in [-0.15, -0.1) is 0 Å². The molecule has 1 aliphatic carbocycles. The Balaban J connectivity index is 2.31. The summed E-state index contributed by atoms with van der Waals surface area (Å²) in [6, 6.07) is 1.11. The van der Waals surface area contributed by atoms with E-state index < -0.39 is 11.9 Å². The second-order valence-corrected chi connectivity index (χ2v) is 4.69. The van der Waals surface area contributed by atoms with Crippen molar-refractivity contribution >= 4 is 11.9 Å². The van der Waals surface area contributed by atoms with Gasteiger partial charge in [0.15, 0.2) is 0 Å². The third kappa shape index (κ3) is 2.81. The Hall–Kier alpha value is -2.31. The maximum Gasteiger partial charge on any atom is 0.323 e. The molecule has 7 heteroatoms. The molecular formula is C13H16N2O5. The number of carboxylic acids is 1. The molecule has 1 aromatic heterocycles. The lowest BCUT2D eigenvalue weighted by atomic mass is 9.91. The number of nitrogens with one attached hydrogen (secondary N) is 1. The number of H-pyrrole nitrogens is 1. The number of carbonyl (C=O) groups is 2. The van der Waals surface area contributed by atoms with Gasteiger partial charge in [-0.2, -0.15) is 0 Å². The highest BCUT2D eigenvalue weighted by atomic mass is 16.5. The third-order valence-corrected chi connectivity index (χ3v) is 3.42. The standard InChI is InChI=1S/C13H16N2O5/c1-20-10-5-11(16)14-6-9(10)13(19)15(7-12(17)18)8-3-2-4-8/h5-6,8H,2-4,7H2,1H3,(H,14,16)(H,17,18). The number of nitrogens with zero attached hydrogens (tertiary/aromatic N) is 1. The highest BCUT2D eigenvalue weighted by molar-refractivity contribution is 5.98. The number of aromatic nitrogens is 1. The van der Waals surface area contributed by atoms with Crippen molar-refractivity contribution in [3.63, 3.8) is 0 Å². The molecular weight excluding hydrogens is 264 g/mol. The summed E-state index contributed by atoms with van der Waals surface area (Å²) in [6.07, 6.45) is 3.84. The minimum atomic E-state index is -1.06. The van der Waals surface area contributed by atoms with Gasteiger partial charge >= 0.3 is 5.97 Å². The van der Waals surface area contributed by atoms with E-state index >= 15 is 0 Å². The maximum absolute atomic E-state index is 12.5. The van der Waals surface area contributed by atoms with E-state index in [1.807, 2.05) is 0 Å². The Morgan fingerprint density at radius 2 is 2.20 bits per heavy atom. The van der Waals surface area contributed by atoms with Crippen LogP contribution in [0.5, 0.6) is 5.75 Å². The van der Waals surface area contributed by atoms with E-state index in [1.54, 1.807) is 0 Å². The minimum absolute atomic E-state index is 0.0600. The van der Waals surface area contributed by atoms with E-state index in [4.69, 9.17) is 9.84 Å². The van der Waals surface area contributed by atoms with Crippen LogP contribution in [0.4, 0.5) is 0 Å². The Morgan fingerprint density at radius 3 is 2.70 bits per heavy atom. The molecule has 1 aromatic rings. The summed E-state index contributed by atoms with van der Waals surface area (Å²) in [4.78, 5) is 38.3. The largest absolute Gasteiger partial charge is 0.496 e. The van der Waals surface area contributed by atoms with Gasteiger partial charge in [0.2, 0.25) is 0 Å². The molecule has 0 aromatic carbocycles. The number of aromatic amines is 1. The lowest BCUT2D eigenvalue weighted by Gasteiger charge is -2.36. The smallest absolute Gasteiger partial charge is 0.323 e. The molecule has 20 heavy (non-hydrogen) atoms. The van der Waals surface area contributed by atoms with Crippen molar-refractivity contribution in [1.82, 2.24) is 9.88 Å². The topological polar surface area (TPSA) is 99.7 Å². The van der Waals surface area contributed by atoms with Gasteiger partial charge in [-0.1, -0.05) is 0 Å². The van der Waals surface area contributed by atoms with E-state index in [0.717, 1.165) is 19.3 Å². The predicted molar refractivity (Wildman–Crippen MR) is 69.9 cm³/mol. The van der Waals surface area contributed by atoms with E-state index in [2.05, 4.69) is 4.98 Å². The predicted octanol–water partition coefficient (Wildman–Crippen LogP) is 0.463. The SMILES string of the molecule is COc1cc(=O)[nH]cc1C(=O)N(CC(=O)O)C1CCC1. The average Bonchev–Trinajstić information content (AvgIpc) is 2.34. The molecule has 0 spiro atoms. The van der Waals surface area contributed by atoms with Gasteiger partial charge in [-0.3, -0.25) is 14.4 Å². The monoisotopic (exact) mass is 280 g/mol.